The van der Waals surface area contributed by atoms with Crippen molar-refractivity contribution in [2.24, 2.45) is 0 Å². The number of rotatable bonds is 3. The van der Waals surface area contributed by atoms with Crippen LogP contribution in [0.1, 0.15) is 32.9 Å². The maximum atomic E-state index is 12.8. The molecule has 4 rings (SSSR count). The van der Waals surface area contributed by atoms with Gasteiger partial charge in [0.2, 0.25) is 0 Å². The monoisotopic (exact) mass is 424 g/mol. The first-order valence-corrected chi connectivity index (χ1v) is 9.46. The Kier molecular flexibility index (Phi) is 4.81. The number of anilines is 2. The third-order valence-corrected chi connectivity index (χ3v) is 5.02. The second-order valence-corrected chi connectivity index (χ2v) is 7.26. The summed E-state index contributed by atoms with van der Waals surface area (Å²) in [5, 5.41) is 2.91. The predicted molar refractivity (Wildman–Crippen MR) is 107 cm³/mol. The Bertz CT molecular complexity index is 998. The lowest BCUT2D eigenvalue weighted by Crippen LogP contribution is -2.35. The van der Waals surface area contributed by atoms with Gasteiger partial charge in [-0.1, -0.05) is 28.1 Å². The minimum atomic E-state index is -0.198. The van der Waals surface area contributed by atoms with Crippen molar-refractivity contribution in [2.75, 3.05) is 16.8 Å². The van der Waals surface area contributed by atoms with Crippen molar-refractivity contribution >= 4 is 39.1 Å². The van der Waals surface area contributed by atoms with Crippen LogP contribution in [-0.2, 0) is 6.42 Å². The number of nitrogens with zero attached hydrogens (tertiary/aromatic N) is 1. The zero-order valence-electron chi connectivity index (χ0n) is 14.4. The molecule has 6 heteroatoms. The standard InChI is InChI=1S/C21H17BrN2O3/c22-16-6-1-4-15(12-16)20(25)23-17-9-8-14-5-2-10-24(18(14)13-17)21(26)19-7-3-11-27-19/h1,3-4,6-9,11-13H,2,5,10H2,(H,23,25). The van der Waals surface area contributed by atoms with Gasteiger partial charge in [-0.05, 0) is 60.9 Å². The number of carbonyl (C=O) groups excluding carboxylic acids is 2. The van der Waals surface area contributed by atoms with Crippen LogP contribution in [0, 0.1) is 0 Å². The van der Waals surface area contributed by atoms with Crippen molar-refractivity contribution in [1.82, 2.24) is 0 Å². The van der Waals surface area contributed by atoms with E-state index in [1.807, 2.05) is 30.3 Å². The van der Waals surface area contributed by atoms with Crippen LogP contribution in [0.2, 0.25) is 0 Å². The Morgan fingerprint density at radius 3 is 2.74 bits per heavy atom. The molecule has 27 heavy (non-hydrogen) atoms. The lowest BCUT2D eigenvalue weighted by atomic mass is 10.0. The molecule has 5 nitrogen and oxygen atoms in total. The highest BCUT2D eigenvalue weighted by Crippen LogP contribution is 2.31. The van der Waals surface area contributed by atoms with E-state index in [1.54, 1.807) is 29.2 Å². The summed E-state index contributed by atoms with van der Waals surface area (Å²) >= 11 is 3.37. The molecule has 0 unspecified atom stereocenters. The molecular weight excluding hydrogens is 408 g/mol. The number of hydrogen-bond acceptors (Lipinski definition) is 3. The van der Waals surface area contributed by atoms with Gasteiger partial charge in [-0.25, -0.2) is 0 Å². The van der Waals surface area contributed by atoms with Crippen LogP contribution in [-0.4, -0.2) is 18.4 Å². The van der Waals surface area contributed by atoms with Gasteiger partial charge in [0.05, 0.1) is 6.26 Å². The van der Waals surface area contributed by atoms with Gasteiger partial charge in [-0.2, -0.15) is 0 Å². The van der Waals surface area contributed by atoms with Crippen LogP contribution in [0.5, 0.6) is 0 Å². The molecule has 2 heterocycles. The molecule has 0 spiro atoms. The minimum Gasteiger partial charge on any atom is -0.459 e. The highest BCUT2D eigenvalue weighted by Gasteiger charge is 2.25. The Balaban J connectivity index is 1.61. The average Bonchev–Trinajstić information content (AvgIpc) is 3.22. The smallest absolute Gasteiger partial charge is 0.293 e. The minimum absolute atomic E-state index is 0.170. The SMILES string of the molecule is O=C(Nc1ccc2c(c1)N(C(=O)c1ccco1)CCC2)c1cccc(Br)c1. The van der Waals surface area contributed by atoms with Gasteiger partial charge in [0.15, 0.2) is 5.76 Å². The zero-order chi connectivity index (χ0) is 18.8. The van der Waals surface area contributed by atoms with E-state index in [0.29, 0.717) is 23.6 Å². The quantitative estimate of drug-likeness (QED) is 0.650. The summed E-state index contributed by atoms with van der Waals surface area (Å²) in [6, 6.07) is 16.3. The van der Waals surface area contributed by atoms with Crippen LogP contribution in [0.3, 0.4) is 0 Å². The average molecular weight is 425 g/mol. The summed E-state index contributed by atoms with van der Waals surface area (Å²) in [5.74, 6) is -0.0567. The van der Waals surface area contributed by atoms with E-state index in [9.17, 15) is 9.59 Å². The third-order valence-electron chi connectivity index (χ3n) is 4.53. The first-order valence-electron chi connectivity index (χ1n) is 8.67. The summed E-state index contributed by atoms with van der Waals surface area (Å²) < 4.78 is 6.11. The van der Waals surface area contributed by atoms with Gasteiger partial charge >= 0.3 is 0 Å². The van der Waals surface area contributed by atoms with Gasteiger partial charge in [-0.15, -0.1) is 0 Å². The summed E-state index contributed by atoms with van der Waals surface area (Å²) in [6.45, 7) is 0.621. The molecule has 0 fully saturated rings. The maximum Gasteiger partial charge on any atom is 0.293 e. The fraction of sp³-hybridized carbons (Fsp3) is 0.143. The zero-order valence-corrected chi connectivity index (χ0v) is 16.0. The summed E-state index contributed by atoms with van der Waals surface area (Å²) in [4.78, 5) is 27.0. The van der Waals surface area contributed by atoms with E-state index in [1.165, 1.54) is 6.26 Å². The first-order chi connectivity index (χ1) is 13.1. The number of amides is 2. The van der Waals surface area contributed by atoms with Crippen LogP contribution < -0.4 is 10.2 Å². The Labute approximate surface area is 165 Å². The van der Waals surface area contributed by atoms with Crippen LogP contribution >= 0.6 is 15.9 Å². The molecule has 1 aromatic heterocycles. The molecule has 0 radical (unpaired) electrons. The van der Waals surface area contributed by atoms with Crippen LogP contribution in [0.25, 0.3) is 0 Å². The molecule has 136 valence electrons. The van der Waals surface area contributed by atoms with Crippen molar-refractivity contribution in [3.8, 4) is 0 Å². The molecule has 1 aliphatic heterocycles. The van der Waals surface area contributed by atoms with Gasteiger partial charge in [0.25, 0.3) is 11.8 Å². The Hall–Kier alpha value is -2.86. The van der Waals surface area contributed by atoms with E-state index < -0.39 is 0 Å². The fourth-order valence-corrected chi connectivity index (χ4v) is 3.63. The molecule has 2 amide bonds. The van der Waals surface area contributed by atoms with Gasteiger partial charge < -0.3 is 14.6 Å². The third kappa shape index (κ3) is 3.66. The molecule has 2 aromatic carbocycles. The van der Waals surface area contributed by atoms with Gasteiger partial charge in [-0.3, -0.25) is 9.59 Å². The summed E-state index contributed by atoms with van der Waals surface area (Å²) in [7, 11) is 0. The van der Waals surface area contributed by atoms with E-state index in [2.05, 4.69) is 21.2 Å². The number of furan rings is 1. The van der Waals surface area contributed by atoms with Crippen molar-refractivity contribution in [3.63, 3.8) is 0 Å². The second-order valence-electron chi connectivity index (χ2n) is 6.35. The Morgan fingerprint density at radius 1 is 1.07 bits per heavy atom. The van der Waals surface area contributed by atoms with E-state index in [-0.39, 0.29) is 11.8 Å². The van der Waals surface area contributed by atoms with E-state index in [0.717, 1.165) is 28.6 Å². The van der Waals surface area contributed by atoms with E-state index in [4.69, 9.17) is 4.42 Å². The van der Waals surface area contributed by atoms with Crippen molar-refractivity contribution in [1.29, 1.82) is 0 Å². The molecule has 1 aliphatic rings. The van der Waals surface area contributed by atoms with E-state index >= 15 is 0 Å². The normalized spacial score (nSPS) is 13.1. The lowest BCUT2D eigenvalue weighted by Gasteiger charge is -2.29. The highest BCUT2D eigenvalue weighted by molar-refractivity contribution is 9.10. The number of carbonyl (C=O) groups is 2. The predicted octanol–water partition coefficient (Wildman–Crippen LogP) is 4.89. The second kappa shape index (κ2) is 7.40. The van der Waals surface area contributed by atoms with Crippen molar-refractivity contribution < 1.29 is 14.0 Å². The number of aryl methyl sites for hydroxylation is 1. The van der Waals surface area contributed by atoms with Gasteiger partial charge in [0, 0.05) is 28.0 Å². The summed E-state index contributed by atoms with van der Waals surface area (Å²) in [6.07, 6.45) is 3.28. The topological polar surface area (TPSA) is 62.6 Å². The van der Waals surface area contributed by atoms with Gasteiger partial charge in [0.1, 0.15) is 0 Å². The largest absolute Gasteiger partial charge is 0.459 e. The number of halogens is 1. The molecule has 0 saturated carbocycles. The molecule has 0 saturated heterocycles. The molecule has 0 atom stereocenters. The Morgan fingerprint density at radius 2 is 1.96 bits per heavy atom. The first kappa shape index (κ1) is 17.5. The molecular formula is C21H17BrN2O3. The number of fused-ring (bicyclic) bond motifs is 1. The fourth-order valence-electron chi connectivity index (χ4n) is 3.23. The van der Waals surface area contributed by atoms with Crippen molar-refractivity contribution in [2.45, 2.75) is 12.8 Å². The maximum absolute atomic E-state index is 12.8. The number of nitrogens with one attached hydrogen (secondary N) is 1. The highest BCUT2D eigenvalue weighted by atomic mass is 79.9. The molecule has 0 aliphatic carbocycles. The molecule has 1 N–H and O–H groups in total. The summed E-state index contributed by atoms with van der Waals surface area (Å²) in [5.41, 5.74) is 3.11. The lowest BCUT2D eigenvalue weighted by molar-refractivity contribution is 0.0958. The number of hydrogen-bond donors (Lipinski definition) is 1. The van der Waals surface area contributed by atoms with Crippen molar-refractivity contribution in [3.05, 3.63) is 82.2 Å². The molecule has 0 bridgehead atoms. The molecule has 3 aromatic rings. The van der Waals surface area contributed by atoms with Crippen LogP contribution in [0.4, 0.5) is 11.4 Å². The number of benzene rings is 2. The van der Waals surface area contributed by atoms with Crippen LogP contribution in [0.15, 0.2) is 69.8 Å².